The third-order valence-corrected chi connectivity index (χ3v) is 2.43. The summed E-state index contributed by atoms with van der Waals surface area (Å²) in [5, 5.41) is 7.28. The van der Waals surface area contributed by atoms with Gasteiger partial charge < -0.3 is 14.6 Å². The number of ether oxygens (including phenoxy) is 1. The fourth-order valence-corrected chi connectivity index (χ4v) is 1.48. The molecule has 1 aromatic rings. The van der Waals surface area contributed by atoms with Crippen LogP contribution in [-0.2, 0) is 11.3 Å². The molecule has 0 saturated carbocycles. The maximum Gasteiger partial charge on any atom is 0.138 e. The van der Waals surface area contributed by atoms with E-state index in [9.17, 15) is 0 Å². The molecule has 1 heterocycles. The molecule has 0 aliphatic heterocycles. The monoisotopic (exact) mass is 226 g/mol. The van der Waals surface area contributed by atoms with Crippen molar-refractivity contribution in [2.45, 2.75) is 46.8 Å². The Hall–Kier alpha value is -0.870. The predicted octanol–water partition coefficient (Wildman–Crippen LogP) is 2.20. The molecular weight excluding hydrogens is 204 g/mol. The van der Waals surface area contributed by atoms with E-state index in [1.165, 1.54) is 5.56 Å². The van der Waals surface area contributed by atoms with Crippen molar-refractivity contribution in [1.82, 2.24) is 10.5 Å². The minimum Gasteiger partial charge on any atom is -0.379 e. The number of aryl methyl sites for hydroxylation is 2. The Labute approximate surface area is 97.3 Å². The zero-order valence-corrected chi connectivity index (χ0v) is 10.7. The van der Waals surface area contributed by atoms with Crippen molar-refractivity contribution in [3.05, 3.63) is 17.0 Å². The molecule has 4 nitrogen and oxygen atoms in total. The van der Waals surface area contributed by atoms with Gasteiger partial charge in [0.25, 0.3) is 0 Å². The molecule has 0 radical (unpaired) electrons. The fraction of sp³-hybridized carbons (Fsp3) is 0.750. The Morgan fingerprint density at radius 2 is 2.12 bits per heavy atom. The van der Waals surface area contributed by atoms with Gasteiger partial charge in [-0.15, -0.1) is 0 Å². The average Bonchev–Trinajstić information content (AvgIpc) is 2.53. The van der Waals surface area contributed by atoms with Crippen molar-refractivity contribution < 1.29 is 9.26 Å². The van der Waals surface area contributed by atoms with Gasteiger partial charge in [-0.1, -0.05) is 5.16 Å². The number of nitrogens with zero attached hydrogens (tertiary/aromatic N) is 1. The van der Waals surface area contributed by atoms with E-state index in [0.29, 0.717) is 6.10 Å². The number of hydrogen-bond acceptors (Lipinski definition) is 4. The predicted molar refractivity (Wildman–Crippen MR) is 63.4 cm³/mol. The first kappa shape index (κ1) is 13.2. The Bertz CT molecular complexity index is 288. The molecule has 4 heteroatoms. The first-order chi connectivity index (χ1) is 7.61. The summed E-state index contributed by atoms with van der Waals surface area (Å²) in [5.41, 5.74) is 2.15. The minimum atomic E-state index is 0.322. The normalized spacial score (nSPS) is 11.3. The third-order valence-electron chi connectivity index (χ3n) is 2.43. The lowest BCUT2D eigenvalue weighted by atomic mass is 10.2. The highest BCUT2D eigenvalue weighted by Gasteiger charge is 2.07. The Balaban J connectivity index is 2.12. The SMILES string of the molecule is Cc1noc(C)c1CNCCCOC(C)C. The van der Waals surface area contributed by atoms with Crippen molar-refractivity contribution in [2.24, 2.45) is 0 Å². The average molecular weight is 226 g/mol. The van der Waals surface area contributed by atoms with Crippen LogP contribution >= 0.6 is 0 Å². The fourth-order valence-electron chi connectivity index (χ4n) is 1.48. The van der Waals surface area contributed by atoms with Crippen LogP contribution in [0.25, 0.3) is 0 Å². The van der Waals surface area contributed by atoms with Crippen LogP contribution in [0.2, 0.25) is 0 Å². The van der Waals surface area contributed by atoms with Crippen molar-refractivity contribution in [3.8, 4) is 0 Å². The van der Waals surface area contributed by atoms with Gasteiger partial charge in [0.2, 0.25) is 0 Å². The lowest BCUT2D eigenvalue weighted by Crippen LogP contribution is -2.18. The molecule has 0 aliphatic rings. The zero-order valence-electron chi connectivity index (χ0n) is 10.7. The number of aromatic nitrogens is 1. The lowest BCUT2D eigenvalue weighted by molar-refractivity contribution is 0.0770. The van der Waals surface area contributed by atoms with Gasteiger partial charge in [0.05, 0.1) is 11.8 Å². The summed E-state index contributed by atoms with van der Waals surface area (Å²) >= 11 is 0. The minimum absolute atomic E-state index is 0.322. The second kappa shape index (κ2) is 6.66. The van der Waals surface area contributed by atoms with Crippen LogP contribution in [0, 0.1) is 13.8 Å². The largest absolute Gasteiger partial charge is 0.379 e. The van der Waals surface area contributed by atoms with Gasteiger partial charge in [0, 0.05) is 18.7 Å². The van der Waals surface area contributed by atoms with Gasteiger partial charge in [0.1, 0.15) is 5.76 Å². The van der Waals surface area contributed by atoms with E-state index in [1.54, 1.807) is 0 Å². The summed E-state index contributed by atoms with van der Waals surface area (Å²) < 4.78 is 10.5. The second-order valence-electron chi connectivity index (χ2n) is 4.25. The zero-order chi connectivity index (χ0) is 12.0. The van der Waals surface area contributed by atoms with Gasteiger partial charge in [-0.25, -0.2) is 0 Å². The van der Waals surface area contributed by atoms with Crippen molar-refractivity contribution in [2.75, 3.05) is 13.2 Å². The molecule has 92 valence electrons. The Morgan fingerprint density at radius 3 is 2.69 bits per heavy atom. The van der Waals surface area contributed by atoms with Crippen LogP contribution < -0.4 is 5.32 Å². The highest BCUT2D eigenvalue weighted by molar-refractivity contribution is 5.20. The van der Waals surface area contributed by atoms with E-state index in [2.05, 4.69) is 24.3 Å². The van der Waals surface area contributed by atoms with E-state index >= 15 is 0 Å². The molecule has 0 aliphatic carbocycles. The van der Waals surface area contributed by atoms with Crippen LogP contribution in [-0.4, -0.2) is 24.4 Å². The molecule has 0 amide bonds. The summed E-state index contributed by atoms with van der Waals surface area (Å²) in [6.07, 6.45) is 1.35. The maximum absolute atomic E-state index is 5.46. The van der Waals surface area contributed by atoms with E-state index in [4.69, 9.17) is 9.26 Å². The van der Waals surface area contributed by atoms with Crippen molar-refractivity contribution >= 4 is 0 Å². The molecule has 0 atom stereocenters. The van der Waals surface area contributed by atoms with Crippen LogP contribution in [0.1, 0.15) is 37.3 Å². The summed E-state index contributed by atoms with van der Waals surface area (Å²) in [4.78, 5) is 0. The molecule has 0 bridgehead atoms. The number of rotatable bonds is 7. The van der Waals surface area contributed by atoms with Crippen LogP contribution in [0.3, 0.4) is 0 Å². The number of nitrogens with one attached hydrogen (secondary N) is 1. The summed E-state index contributed by atoms with van der Waals surface area (Å²) in [6, 6.07) is 0. The molecule has 0 spiro atoms. The molecule has 1 rings (SSSR count). The van der Waals surface area contributed by atoms with E-state index < -0.39 is 0 Å². The lowest BCUT2D eigenvalue weighted by Gasteiger charge is -2.07. The third kappa shape index (κ3) is 4.33. The van der Waals surface area contributed by atoms with Gasteiger partial charge in [-0.3, -0.25) is 0 Å². The molecule has 1 N–H and O–H groups in total. The molecule has 0 fully saturated rings. The van der Waals surface area contributed by atoms with Crippen molar-refractivity contribution in [3.63, 3.8) is 0 Å². The first-order valence-electron chi connectivity index (χ1n) is 5.85. The second-order valence-corrected chi connectivity index (χ2v) is 4.25. The van der Waals surface area contributed by atoms with Crippen molar-refractivity contribution in [1.29, 1.82) is 0 Å². The number of hydrogen-bond donors (Lipinski definition) is 1. The van der Waals surface area contributed by atoms with E-state index in [-0.39, 0.29) is 0 Å². The molecule has 0 unspecified atom stereocenters. The van der Waals surface area contributed by atoms with Gasteiger partial charge in [0.15, 0.2) is 0 Å². The Morgan fingerprint density at radius 1 is 1.38 bits per heavy atom. The van der Waals surface area contributed by atoms with E-state index in [1.807, 2.05) is 13.8 Å². The van der Waals surface area contributed by atoms with Crippen LogP contribution in [0.5, 0.6) is 0 Å². The summed E-state index contributed by atoms with van der Waals surface area (Å²) in [6.45, 7) is 10.6. The maximum atomic E-state index is 5.46. The van der Waals surface area contributed by atoms with Gasteiger partial charge in [-0.05, 0) is 40.7 Å². The standard InChI is InChI=1S/C12H22N2O2/c1-9(2)15-7-5-6-13-8-12-10(3)14-16-11(12)4/h9,13H,5-8H2,1-4H3. The first-order valence-corrected chi connectivity index (χ1v) is 5.85. The highest BCUT2D eigenvalue weighted by atomic mass is 16.5. The topological polar surface area (TPSA) is 47.3 Å². The van der Waals surface area contributed by atoms with Gasteiger partial charge in [-0.2, -0.15) is 0 Å². The molecule has 0 aromatic carbocycles. The Kier molecular flexibility index (Phi) is 5.49. The molecular formula is C12H22N2O2. The van der Waals surface area contributed by atoms with Crippen LogP contribution in [0.4, 0.5) is 0 Å². The van der Waals surface area contributed by atoms with Crippen LogP contribution in [0.15, 0.2) is 4.52 Å². The summed E-state index contributed by atoms with van der Waals surface area (Å²) in [7, 11) is 0. The highest BCUT2D eigenvalue weighted by Crippen LogP contribution is 2.11. The van der Waals surface area contributed by atoms with Gasteiger partial charge >= 0.3 is 0 Å². The summed E-state index contributed by atoms with van der Waals surface area (Å²) in [5.74, 6) is 0.906. The molecule has 16 heavy (non-hydrogen) atoms. The van der Waals surface area contributed by atoms with E-state index in [0.717, 1.165) is 37.6 Å². The molecule has 0 saturated heterocycles. The smallest absolute Gasteiger partial charge is 0.138 e. The quantitative estimate of drug-likeness (QED) is 0.724. The molecule has 1 aromatic heterocycles.